The normalized spacial score (nSPS) is 10.9. The Labute approximate surface area is 133 Å². The molecule has 20 heavy (non-hydrogen) atoms. The monoisotopic (exact) mass is 365 g/mol. The predicted molar refractivity (Wildman–Crippen MR) is 88.8 cm³/mol. The Morgan fingerprint density at radius 3 is 2.75 bits per heavy atom. The molecule has 0 bridgehead atoms. The number of carbonyl (C=O) groups excluding carboxylic acids is 1. The Morgan fingerprint density at radius 1 is 1.20 bits per heavy atom. The lowest BCUT2D eigenvalue weighted by atomic mass is 10.0. The molecule has 1 aromatic heterocycles. The summed E-state index contributed by atoms with van der Waals surface area (Å²) in [5, 5.41) is 3.18. The average molecular weight is 367 g/mol. The van der Waals surface area contributed by atoms with Gasteiger partial charge in [-0.15, -0.1) is 11.3 Å². The molecule has 2 N–H and O–H groups in total. The molecular weight excluding hydrogens is 358 g/mol. The highest BCUT2D eigenvalue weighted by Gasteiger charge is 2.17. The molecular formula is C15H9BrClNOS. The van der Waals surface area contributed by atoms with Crippen molar-refractivity contribution < 1.29 is 4.79 Å². The molecule has 0 spiro atoms. The van der Waals surface area contributed by atoms with Crippen LogP contribution < -0.4 is 5.73 Å². The van der Waals surface area contributed by atoms with Crippen LogP contribution in [0.5, 0.6) is 0 Å². The van der Waals surface area contributed by atoms with Crippen molar-refractivity contribution in [2.24, 2.45) is 0 Å². The number of halogens is 2. The second-order valence-electron chi connectivity index (χ2n) is 4.33. The van der Waals surface area contributed by atoms with Crippen molar-refractivity contribution in [3.8, 4) is 0 Å². The maximum absolute atomic E-state index is 12.6. The molecule has 100 valence electrons. The van der Waals surface area contributed by atoms with Crippen molar-refractivity contribution in [2.45, 2.75) is 0 Å². The molecule has 5 heteroatoms. The summed E-state index contributed by atoms with van der Waals surface area (Å²) in [5.41, 5.74) is 7.34. The van der Waals surface area contributed by atoms with E-state index in [4.69, 9.17) is 17.3 Å². The summed E-state index contributed by atoms with van der Waals surface area (Å²) in [4.78, 5) is 12.6. The van der Waals surface area contributed by atoms with Gasteiger partial charge < -0.3 is 5.73 Å². The van der Waals surface area contributed by atoms with Gasteiger partial charge in [0.2, 0.25) is 0 Å². The Balaban J connectivity index is 2.16. The third kappa shape index (κ3) is 2.24. The van der Waals surface area contributed by atoms with Crippen molar-refractivity contribution >= 4 is 60.4 Å². The van der Waals surface area contributed by atoms with Gasteiger partial charge in [-0.1, -0.05) is 23.7 Å². The van der Waals surface area contributed by atoms with Crippen LogP contribution in [0.25, 0.3) is 10.1 Å². The fourth-order valence-electron chi connectivity index (χ4n) is 2.06. The molecule has 2 nitrogen and oxygen atoms in total. The van der Waals surface area contributed by atoms with Crippen molar-refractivity contribution in [2.75, 3.05) is 5.73 Å². The zero-order valence-electron chi connectivity index (χ0n) is 10.2. The summed E-state index contributed by atoms with van der Waals surface area (Å²) in [6.07, 6.45) is 0. The van der Waals surface area contributed by atoms with Crippen LogP contribution in [0, 0.1) is 0 Å². The topological polar surface area (TPSA) is 43.1 Å². The van der Waals surface area contributed by atoms with Crippen molar-refractivity contribution in [3.05, 3.63) is 62.4 Å². The highest BCUT2D eigenvalue weighted by Crippen LogP contribution is 2.34. The van der Waals surface area contributed by atoms with Gasteiger partial charge in [0, 0.05) is 36.8 Å². The highest BCUT2D eigenvalue weighted by molar-refractivity contribution is 9.10. The summed E-state index contributed by atoms with van der Waals surface area (Å²) >= 11 is 11.2. The lowest BCUT2D eigenvalue weighted by Crippen LogP contribution is -2.01. The van der Waals surface area contributed by atoms with Crippen LogP contribution in [-0.2, 0) is 0 Å². The van der Waals surface area contributed by atoms with Gasteiger partial charge in [-0.25, -0.2) is 0 Å². The molecule has 0 saturated carbocycles. The number of nitrogens with two attached hydrogens (primary N) is 1. The van der Waals surface area contributed by atoms with Gasteiger partial charge in [0.05, 0.1) is 5.02 Å². The maximum atomic E-state index is 12.6. The molecule has 0 aliphatic heterocycles. The van der Waals surface area contributed by atoms with Crippen molar-refractivity contribution in [3.63, 3.8) is 0 Å². The number of ketones is 1. The Hall–Kier alpha value is -1.36. The van der Waals surface area contributed by atoms with Crippen LogP contribution in [0.1, 0.15) is 15.9 Å². The summed E-state index contributed by atoms with van der Waals surface area (Å²) < 4.78 is 2.05. The van der Waals surface area contributed by atoms with Gasteiger partial charge in [-0.05, 0) is 40.2 Å². The molecule has 0 radical (unpaired) electrons. The molecule has 0 amide bonds. The van der Waals surface area contributed by atoms with Crippen LogP contribution in [0.2, 0.25) is 5.02 Å². The van der Waals surface area contributed by atoms with E-state index in [9.17, 15) is 4.79 Å². The Morgan fingerprint density at radius 2 is 2.00 bits per heavy atom. The van der Waals surface area contributed by atoms with E-state index in [1.54, 1.807) is 18.2 Å². The van der Waals surface area contributed by atoms with Crippen LogP contribution in [0.15, 0.2) is 46.3 Å². The van der Waals surface area contributed by atoms with Gasteiger partial charge in [-0.2, -0.15) is 0 Å². The minimum Gasteiger partial charge on any atom is -0.399 e. The molecule has 0 aliphatic rings. The number of nitrogen functional groups attached to an aromatic ring is 1. The smallest absolute Gasteiger partial charge is 0.195 e. The number of anilines is 1. The minimum atomic E-state index is -0.0839. The van der Waals surface area contributed by atoms with E-state index >= 15 is 0 Å². The number of hydrogen-bond donors (Lipinski definition) is 1. The van der Waals surface area contributed by atoms with E-state index in [0.29, 0.717) is 21.8 Å². The molecule has 0 aliphatic carbocycles. The minimum absolute atomic E-state index is 0.0839. The van der Waals surface area contributed by atoms with Gasteiger partial charge in [0.25, 0.3) is 0 Å². The van der Waals surface area contributed by atoms with E-state index in [1.165, 1.54) is 11.3 Å². The molecule has 0 unspecified atom stereocenters. The van der Waals surface area contributed by atoms with E-state index in [2.05, 4.69) is 15.9 Å². The molecule has 2 aromatic carbocycles. The molecule has 0 saturated heterocycles. The molecule has 0 fully saturated rings. The number of hydrogen-bond acceptors (Lipinski definition) is 3. The van der Waals surface area contributed by atoms with Crippen molar-refractivity contribution in [1.29, 1.82) is 0 Å². The number of thiophene rings is 1. The quantitative estimate of drug-likeness (QED) is 0.504. The zero-order chi connectivity index (χ0) is 14.3. The lowest BCUT2D eigenvalue weighted by molar-refractivity contribution is 0.104. The fourth-order valence-corrected chi connectivity index (χ4v) is 3.94. The summed E-state index contributed by atoms with van der Waals surface area (Å²) in [6.45, 7) is 0. The number of benzene rings is 2. The van der Waals surface area contributed by atoms with Crippen LogP contribution in [-0.4, -0.2) is 5.78 Å². The molecule has 3 rings (SSSR count). The van der Waals surface area contributed by atoms with Crippen LogP contribution in [0.4, 0.5) is 5.69 Å². The Kier molecular flexibility index (Phi) is 3.54. The fraction of sp³-hybridized carbons (Fsp3) is 0. The Bertz CT molecular complexity index is 828. The third-order valence-corrected chi connectivity index (χ3v) is 5.30. The second-order valence-corrected chi connectivity index (χ2v) is 6.48. The van der Waals surface area contributed by atoms with Gasteiger partial charge in [0.1, 0.15) is 0 Å². The van der Waals surface area contributed by atoms with E-state index in [-0.39, 0.29) is 5.78 Å². The highest BCUT2D eigenvalue weighted by atomic mass is 79.9. The SMILES string of the molecule is Nc1ccc(C(=O)c2csc3c(Br)cccc23)c(Cl)c1. The molecule has 0 atom stereocenters. The summed E-state index contributed by atoms with van der Waals surface area (Å²) in [7, 11) is 0. The second kappa shape index (κ2) is 5.20. The largest absolute Gasteiger partial charge is 0.399 e. The van der Waals surface area contributed by atoms with Crippen LogP contribution >= 0.6 is 38.9 Å². The van der Waals surface area contributed by atoms with Gasteiger partial charge in [-0.3, -0.25) is 4.79 Å². The third-order valence-electron chi connectivity index (χ3n) is 3.03. The summed E-state index contributed by atoms with van der Waals surface area (Å²) in [6, 6.07) is 10.8. The lowest BCUT2D eigenvalue weighted by Gasteiger charge is -2.04. The first-order chi connectivity index (χ1) is 9.58. The average Bonchev–Trinajstić information content (AvgIpc) is 2.83. The van der Waals surface area contributed by atoms with E-state index in [1.807, 2.05) is 23.6 Å². The first kappa shape index (κ1) is 13.6. The number of rotatable bonds is 2. The zero-order valence-corrected chi connectivity index (χ0v) is 13.3. The standard InChI is InChI=1S/C15H9BrClNOS/c16-12-3-1-2-9-11(7-20-15(9)12)14(19)10-5-4-8(18)6-13(10)17/h1-7H,18H2. The van der Waals surface area contributed by atoms with Crippen molar-refractivity contribution in [1.82, 2.24) is 0 Å². The number of fused-ring (bicyclic) bond motifs is 1. The molecule has 1 heterocycles. The predicted octanol–water partition coefficient (Wildman–Crippen LogP) is 5.13. The first-order valence-corrected chi connectivity index (χ1v) is 7.88. The summed E-state index contributed by atoms with van der Waals surface area (Å²) in [5.74, 6) is -0.0839. The maximum Gasteiger partial charge on any atom is 0.195 e. The van der Waals surface area contributed by atoms with Crippen LogP contribution in [0.3, 0.4) is 0 Å². The van der Waals surface area contributed by atoms with Gasteiger partial charge in [0.15, 0.2) is 5.78 Å². The van der Waals surface area contributed by atoms with Gasteiger partial charge >= 0.3 is 0 Å². The number of carbonyl (C=O) groups is 1. The first-order valence-electron chi connectivity index (χ1n) is 5.83. The molecule has 3 aromatic rings. The van der Waals surface area contributed by atoms with E-state index < -0.39 is 0 Å². The van der Waals surface area contributed by atoms with E-state index in [0.717, 1.165) is 14.6 Å².